The largest absolute Gasteiger partial charge is 0.353 e. The summed E-state index contributed by atoms with van der Waals surface area (Å²) in [6, 6.07) is 7.63. The van der Waals surface area contributed by atoms with Crippen molar-refractivity contribution in [2.24, 2.45) is 5.92 Å². The van der Waals surface area contributed by atoms with Gasteiger partial charge in [0.25, 0.3) is 0 Å². The summed E-state index contributed by atoms with van der Waals surface area (Å²) < 4.78 is 22.7. The highest BCUT2D eigenvalue weighted by atomic mass is 35.5. The summed E-state index contributed by atoms with van der Waals surface area (Å²) >= 11 is 5.86. The van der Waals surface area contributed by atoms with Crippen molar-refractivity contribution in [1.82, 2.24) is 5.32 Å². The lowest BCUT2D eigenvalue weighted by molar-refractivity contribution is -0.123. The fraction of sp³-hybridized carbons (Fsp3) is 0.533. The Hall–Kier alpha value is -1.07. The molecule has 6 heteroatoms. The SMILES string of the molecule is O=C(NC1CCS(=O)(=O)CC1)[C@H]1C[C@H]1c1ccc(Cl)cc1. The second kappa shape index (κ2) is 5.61. The van der Waals surface area contributed by atoms with Crippen LogP contribution in [0.15, 0.2) is 24.3 Å². The predicted octanol–water partition coefficient (Wildman–Crippen LogP) is 2.14. The van der Waals surface area contributed by atoms with Gasteiger partial charge in [-0.1, -0.05) is 23.7 Å². The molecule has 0 radical (unpaired) electrons. The quantitative estimate of drug-likeness (QED) is 0.925. The van der Waals surface area contributed by atoms with E-state index in [9.17, 15) is 13.2 Å². The van der Waals surface area contributed by atoms with E-state index in [0.29, 0.717) is 17.9 Å². The Bertz CT molecular complexity index is 627. The molecule has 0 spiro atoms. The van der Waals surface area contributed by atoms with Gasteiger partial charge >= 0.3 is 0 Å². The summed E-state index contributed by atoms with van der Waals surface area (Å²) in [5.74, 6) is 0.713. The van der Waals surface area contributed by atoms with Crippen LogP contribution in [0, 0.1) is 5.92 Å². The summed E-state index contributed by atoms with van der Waals surface area (Å²) in [6.45, 7) is 0. The predicted molar refractivity (Wildman–Crippen MR) is 82.1 cm³/mol. The molecule has 0 bridgehead atoms. The average Bonchev–Trinajstić information content (AvgIpc) is 3.22. The van der Waals surface area contributed by atoms with Gasteiger partial charge in [0.1, 0.15) is 9.84 Å². The van der Waals surface area contributed by atoms with E-state index in [4.69, 9.17) is 11.6 Å². The summed E-state index contributed by atoms with van der Waals surface area (Å²) in [5.41, 5.74) is 1.14. The van der Waals surface area contributed by atoms with E-state index in [0.717, 1.165) is 12.0 Å². The van der Waals surface area contributed by atoms with Crippen LogP contribution in [0.5, 0.6) is 0 Å². The van der Waals surface area contributed by atoms with Crippen molar-refractivity contribution < 1.29 is 13.2 Å². The molecule has 0 unspecified atom stereocenters. The molecule has 21 heavy (non-hydrogen) atoms. The first-order valence-corrected chi connectivity index (χ1v) is 9.41. The summed E-state index contributed by atoms with van der Waals surface area (Å²) in [4.78, 5) is 12.2. The first-order valence-electron chi connectivity index (χ1n) is 7.21. The van der Waals surface area contributed by atoms with Gasteiger partial charge in [-0.25, -0.2) is 8.42 Å². The monoisotopic (exact) mass is 327 g/mol. The number of amides is 1. The Morgan fingerprint density at radius 2 is 1.76 bits per heavy atom. The van der Waals surface area contributed by atoms with Crippen molar-refractivity contribution in [3.8, 4) is 0 Å². The minimum atomic E-state index is -2.88. The van der Waals surface area contributed by atoms with Crippen LogP contribution in [0.25, 0.3) is 0 Å². The van der Waals surface area contributed by atoms with E-state index in [1.54, 1.807) is 0 Å². The number of hydrogen-bond acceptors (Lipinski definition) is 3. The number of carbonyl (C=O) groups is 1. The molecule has 1 aromatic rings. The molecule has 2 aliphatic rings. The molecule has 3 rings (SSSR count). The molecule has 1 saturated heterocycles. The second-order valence-corrected chi connectivity index (χ2v) is 8.67. The van der Waals surface area contributed by atoms with Crippen LogP contribution in [0.4, 0.5) is 0 Å². The third-order valence-electron chi connectivity index (χ3n) is 4.33. The van der Waals surface area contributed by atoms with Gasteiger partial charge in [-0.3, -0.25) is 4.79 Å². The highest BCUT2D eigenvalue weighted by molar-refractivity contribution is 7.91. The van der Waals surface area contributed by atoms with Crippen LogP contribution in [0.2, 0.25) is 5.02 Å². The zero-order chi connectivity index (χ0) is 15.0. The molecule has 0 aromatic heterocycles. The molecule has 1 amide bonds. The normalized spacial score (nSPS) is 28.0. The van der Waals surface area contributed by atoms with Crippen molar-refractivity contribution >= 4 is 27.3 Å². The summed E-state index contributed by atoms with van der Waals surface area (Å²) in [6.07, 6.45) is 1.93. The highest BCUT2D eigenvalue weighted by Crippen LogP contribution is 2.47. The van der Waals surface area contributed by atoms with Crippen molar-refractivity contribution in [1.29, 1.82) is 0 Å². The molecule has 2 atom stereocenters. The Labute approximate surface area is 129 Å². The van der Waals surface area contributed by atoms with Crippen molar-refractivity contribution in [2.45, 2.75) is 31.2 Å². The van der Waals surface area contributed by atoms with Gasteiger partial charge in [-0.15, -0.1) is 0 Å². The molecule has 114 valence electrons. The first kappa shape index (κ1) is 14.9. The van der Waals surface area contributed by atoms with Gasteiger partial charge < -0.3 is 5.32 Å². The van der Waals surface area contributed by atoms with Gasteiger partial charge in [-0.05, 0) is 42.9 Å². The number of rotatable bonds is 3. The van der Waals surface area contributed by atoms with E-state index in [1.807, 2.05) is 24.3 Å². The Morgan fingerprint density at radius 3 is 2.38 bits per heavy atom. The molecule has 1 saturated carbocycles. The average molecular weight is 328 g/mol. The van der Waals surface area contributed by atoms with E-state index in [-0.39, 0.29) is 35.3 Å². The number of carbonyl (C=O) groups excluding carboxylic acids is 1. The first-order chi connectivity index (χ1) is 9.94. The molecule has 1 heterocycles. The van der Waals surface area contributed by atoms with Crippen molar-refractivity contribution in [3.05, 3.63) is 34.9 Å². The van der Waals surface area contributed by atoms with Crippen LogP contribution in [-0.4, -0.2) is 31.9 Å². The number of nitrogens with one attached hydrogen (secondary N) is 1. The Kier molecular flexibility index (Phi) is 3.97. The molecule has 1 N–H and O–H groups in total. The fourth-order valence-corrected chi connectivity index (χ4v) is 4.52. The summed E-state index contributed by atoms with van der Waals surface area (Å²) in [5, 5.41) is 3.70. The lowest BCUT2D eigenvalue weighted by Crippen LogP contribution is -2.41. The number of sulfone groups is 1. The Balaban J connectivity index is 1.53. The maximum absolute atomic E-state index is 12.2. The van der Waals surface area contributed by atoms with Crippen LogP contribution in [-0.2, 0) is 14.6 Å². The van der Waals surface area contributed by atoms with Crippen LogP contribution in [0.3, 0.4) is 0 Å². The smallest absolute Gasteiger partial charge is 0.223 e. The van der Waals surface area contributed by atoms with E-state index < -0.39 is 9.84 Å². The van der Waals surface area contributed by atoms with Crippen molar-refractivity contribution in [3.63, 3.8) is 0 Å². The van der Waals surface area contributed by atoms with E-state index in [1.165, 1.54) is 0 Å². The van der Waals surface area contributed by atoms with Crippen molar-refractivity contribution in [2.75, 3.05) is 11.5 Å². The van der Waals surface area contributed by atoms with E-state index >= 15 is 0 Å². The molecule has 1 aliphatic carbocycles. The van der Waals surface area contributed by atoms with E-state index in [2.05, 4.69) is 5.32 Å². The minimum Gasteiger partial charge on any atom is -0.353 e. The van der Waals surface area contributed by atoms with Gasteiger partial charge in [0.15, 0.2) is 0 Å². The molecular formula is C15H18ClNO3S. The van der Waals surface area contributed by atoms with Crippen LogP contribution in [0.1, 0.15) is 30.7 Å². The highest BCUT2D eigenvalue weighted by Gasteiger charge is 2.44. The van der Waals surface area contributed by atoms with Gasteiger partial charge in [0.05, 0.1) is 11.5 Å². The van der Waals surface area contributed by atoms with Crippen LogP contribution >= 0.6 is 11.6 Å². The lowest BCUT2D eigenvalue weighted by Gasteiger charge is -2.23. The molecule has 1 aromatic carbocycles. The molecule has 4 nitrogen and oxygen atoms in total. The Morgan fingerprint density at radius 1 is 1.14 bits per heavy atom. The molecule has 1 aliphatic heterocycles. The van der Waals surface area contributed by atoms with Gasteiger partial charge in [0.2, 0.25) is 5.91 Å². The lowest BCUT2D eigenvalue weighted by atomic mass is 10.1. The second-order valence-electron chi connectivity index (χ2n) is 5.93. The zero-order valence-corrected chi connectivity index (χ0v) is 13.2. The fourth-order valence-electron chi connectivity index (χ4n) is 2.91. The topological polar surface area (TPSA) is 63.2 Å². The summed E-state index contributed by atoms with van der Waals surface area (Å²) in [7, 11) is -2.88. The van der Waals surface area contributed by atoms with Crippen LogP contribution < -0.4 is 5.32 Å². The van der Waals surface area contributed by atoms with Gasteiger partial charge in [-0.2, -0.15) is 0 Å². The third kappa shape index (κ3) is 3.58. The number of halogens is 1. The van der Waals surface area contributed by atoms with Gasteiger partial charge in [0, 0.05) is 17.0 Å². The standard InChI is InChI=1S/C15H18ClNO3S/c16-11-3-1-10(2-4-11)13-9-14(13)15(18)17-12-5-7-21(19,20)8-6-12/h1-4,12-14H,5-9H2,(H,17,18)/t13-,14-/m0/s1. The molecular weight excluding hydrogens is 310 g/mol. The maximum atomic E-state index is 12.2. The minimum absolute atomic E-state index is 0.00694. The molecule has 2 fully saturated rings. The third-order valence-corrected chi connectivity index (χ3v) is 6.29. The zero-order valence-electron chi connectivity index (χ0n) is 11.6. The number of benzene rings is 1. The maximum Gasteiger partial charge on any atom is 0.223 e. The number of hydrogen-bond donors (Lipinski definition) is 1.